The van der Waals surface area contributed by atoms with Gasteiger partial charge < -0.3 is 21.0 Å². The van der Waals surface area contributed by atoms with Gasteiger partial charge in [-0.2, -0.15) is 0 Å². The number of rotatable bonds is 8. The van der Waals surface area contributed by atoms with Crippen LogP contribution in [0.5, 0.6) is 0 Å². The molecule has 0 bridgehead atoms. The van der Waals surface area contributed by atoms with E-state index >= 15 is 0 Å². The molecule has 1 radical (unpaired) electrons. The number of oxime groups is 2. The average Bonchev–Trinajstić information content (AvgIpc) is 2.40. The molecule has 0 aromatic heterocycles. The summed E-state index contributed by atoms with van der Waals surface area (Å²) in [5.74, 6) is 0. The predicted octanol–water partition coefficient (Wildman–Crippen LogP) is 1.67. The van der Waals surface area contributed by atoms with E-state index in [9.17, 15) is 0 Å². The van der Waals surface area contributed by atoms with Gasteiger partial charge in [-0.1, -0.05) is 24.2 Å². The van der Waals surface area contributed by atoms with Crippen molar-refractivity contribution in [2.24, 2.45) is 15.7 Å². The molecule has 0 unspecified atom stereocenters. The van der Waals surface area contributed by atoms with Crippen molar-refractivity contribution in [3.05, 3.63) is 0 Å². The summed E-state index contributed by atoms with van der Waals surface area (Å²) in [6.45, 7) is 13.4. The summed E-state index contributed by atoms with van der Waals surface area (Å²) < 4.78 is 0. The number of hydrogen-bond donors (Lipinski definition) is 4. The molecule has 0 aliphatic heterocycles. The minimum atomic E-state index is 0. The van der Waals surface area contributed by atoms with Crippen LogP contribution in [-0.2, 0) is 17.1 Å². The first-order valence-electron chi connectivity index (χ1n) is 6.57. The summed E-state index contributed by atoms with van der Waals surface area (Å²) >= 11 is 0. The first-order valence-corrected chi connectivity index (χ1v) is 6.57. The third kappa shape index (κ3) is 8.53. The van der Waals surface area contributed by atoms with E-state index in [1.165, 1.54) is 0 Å². The number of nitrogens with one attached hydrogen (secondary N) is 2. The molecule has 123 valence electrons. The van der Waals surface area contributed by atoms with Crippen LogP contribution in [0.4, 0.5) is 0 Å². The Morgan fingerprint density at radius 1 is 0.950 bits per heavy atom. The van der Waals surface area contributed by atoms with Crippen LogP contribution in [0.1, 0.15) is 41.5 Å². The predicted molar refractivity (Wildman–Crippen MR) is 78.5 cm³/mol. The maximum Gasteiger partial charge on any atom is 0.0706 e. The van der Waals surface area contributed by atoms with Crippen LogP contribution in [0, 0.1) is 5.41 Å². The zero-order valence-corrected chi connectivity index (χ0v) is 14.1. The standard InChI is InChI=1S/C13H28N4O2.Cu/c1-9(11(3)16-18)14-7-13(5,6)8-15-10(2)12(4)17-19;/h9-10,14-15,18-19H,7-8H2,1-6H3;/b16-11+,17-12+;/t9-,10-;/m1./s1/i;1+0. The van der Waals surface area contributed by atoms with Crippen LogP contribution in [0.25, 0.3) is 0 Å². The van der Waals surface area contributed by atoms with Gasteiger partial charge in [0, 0.05) is 42.2 Å². The average molecular weight is 336 g/mol. The summed E-state index contributed by atoms with van der Waals surface area (Å²) in [6.07, 6.45) is 0. The third-order valence-electron chi connectivity index (χ3n) is 3.34. The molecule has 0 aliphatic rings. The fourth-order valence-corrected chi connectivity index (χ4v) is 1.39. The van der Waals surface area contributed by atoms with Gasteiger partial charge in [0.2, 0.25) is 0 Å². The van der Waals surface area contributed by atoms with Crippen LogP contribution >= 0.6 is 0 Å². The van der Waals surface area contributed by atoms with Gasteiger partial charge in [0.1, 0.15) is 0 Å². The van der Waals surface area contributed by atoms with Gasteiger partial charge in [0.05, 0.1) is 11.4 Å². The monoisotopic (exact) mass is 336 g/mol. The smallest absolute Gasteiger partial charge is 0.0706 e. The second-order valence-corrected chi connectivity index (χ2v) is 5.85. The zero-order chi connectivity index (χ0) is 15.1. The molecule has 0 saturated carbocycles. The second kappa shape index (κ2) is 10.2. The molecular formula is C13H28CuN4O2. The molecule has 20 heavy (non-hydrogen) atoms. The minimum absolute atomic E-state index is 0. The molecule has 0 heterocycles. The van der Waals surface area contributed by atoms with Crippen LogP contribution in [-0.4, -0.2) is 47.0 Å². The minimum Gasteiger partial charge on any atom is -0.411 e. The number of nitrogens with zero attached hydrogens (tertiary/aromatic N) is 2. The van der Waals surface area contributed by atoms with Crippen molar-refractivity contribution in [2.75, 3.05) is 13.1 Å². The first-order chi connectivity index (χ1) is 8.73. The largest absolute Gasteiger partial charge is 0.411 e. The summed E-state index contributed by atoms with van der Waals surface area (Å²) in [6, 6.07) is 0.0878. The van der Waals surface area contributed by atoms with Crippen molar-refractivity contribution in [1.82, 2.24) is 10.6 Å². The van der Waals surface area contributed by atoms with E-state index in [1.807, 2.05) is 13.8 Å². The first kappa shape index (κ1) is 21.7. The van der Waals surface area contributed by atoms with Gasteiger partial charge in [-0.05, 0) is 33.1 Å². The fourth-order valence-electron chi connectivity index (χ4n) is 1.39. The Hall–Kier alpha value is -0.621. The summed E-state index contributed by atoms with van der Waals surface area (Å²) in [5, 5.41) is 30.4. The third-order valence-corrected chi connectivity index (χ3v) is 3.34. The quantitative estimate of drug-likeness (QED) is 0.235. The normalized spacial score (nSPS) is 16.5. The molecule has 0 aliphatic carbocycles. The molecule has 0 saturated heterocycles. The summed E-state index contributed by atoms with van der Waals surface area (Å²) in [4.78, 5) is 0. The molecule has 7 heteroatoms. The molecular weight excluding hydrogens is 308 g/mol. The Balaban J connectivity index is 0. The molecule has 0 aromatic carbocycles. The Kier molecular flexibility index (Phi) is 11.0. The van der Waals surface area contributed by atoms with Gasteiger partial charge >= 0.3 is 0 Å². The van der Waals surface area contributed by atoms with Gasteiger partial charge in [-0.3, -0.25) is 0 Å². The molecule has 0 fully saturated rings. The molecule has 6 nitrogen and oxygen atoms in total. The maximum atomic E-state index is 8.70. The van der Waals surface area contributed by atoms with E-state index in [0.717, 1.165) is 13.1 Å². The second-order valence-electron chi connectivity index (χ2n) is 5.85. The van der Waals surface area contributed by atoms with Crippen LogP contribution < -0.4 is 10.6 Å². The molecule has 0 spiro atoms. The Morgan fingerprint density at radius 2 is 1.25 bits per heavy atom. The van der Waals surface area contributed by atoms with Crippen LogP contribution in [0.2, 0.25) is 0 Å². The van der Waals surface area contributed by atoms with E-state index in [1.54, 1.807) is 13.8 Å². The van der Waals surface area contributed by atoms with Crippen molar-refractivity contribution in [3.8, 4) is 0 Å². The SMILES string of the molecule is C/C(=N\O)[C@@H](C)NCC(C)(C)CN[C@H](C)/C(C)=N/O.[64Cu]. The van der Waals surface area contributed by atoms with Crippen LogP contribution in [0.15, 0.2) is 10.3 Å². The Bertz CT molecular complexity index is 302. The van der Waals surface area contributed by atoms with Crippen molar-refractivity contribution in [2.45, 2.75) is 53.6 Å². The van der Waals surface area contributed by atoms with Gasteiger partial charge in [-0.15, -0.1) is 0 Å². The van der Waals surface area contributed by atoms with Crippen molar-refractivity contribution in [3.63, 3.8) is 0 Å². The van der Waals surface area contributed by atoms with Gasteiger partial charge in [0.25, 0.3) is 0 Å². The van der Waals surface area contributed by atoms with Gasteiger partial charge in [-0.25, -0.2) is 0 Å². The van der Waals surface area contributed by atoms with Gasteiger partial charge in [0.15, 0.2) is 0 Å². The zero-order valence-electron chi connectivity index (χ0n) is 13.2. The molecule has 0 rings (SSSR count). The molecule has 0 amide bonds. The Labute approximate surface area is 132 Å². The molecule has 0 aromatic rings. The molecule has 4 N–H and O–H groups in total. The Morgan fingerprint density at radius 3 is 1.50 bits per heavy atom. The van der Waals surface area contributed by atoms with E-state index in [0.29, 0.717) is 11.4 Å². The van der Waals surface area contributed by atoms with E-state index in [-0.39, 0.29) is 34.6 Å². The topological polar surface area (TPSA) is 89.2 Å². The van der Waals surface area contributed by atoms with Crippen molar-refractivity contribution in [1.29, 1.82) is 0 Å². The fraction of sp³-hybridized carbons (Fsp3) is 0.846. The van der Waals surface area contributed by atoms with Crippen LogP contribution in [0.3, 0.4) is 0 Å². The van der Waals surface area contributed by atoms with E-state index < -0.39 is 0 Å². The summed E-state index contributed by atoms with van der Waals surface area (Å²) in [7, 11) is 0. The van der Waals surface area contributed by atoms with Crippen molar-refractivity contribution < 1.29 is 27.5 Å². The van der Waals surface area contributed by atoms with E-state index in [4.69, 9.17) is 10.4 Å². The molecule has 2 atom stereocenters. The summed E-state index contributed by atoms with van der Waals surface area (Å²) in [5.41, 5.74) is 1.37. The maximum absolute atomic E-state index is 8.70. The number of hydrogen-bond acceptors (Lipinski definition) is 6. The van der Waals surface area contributed by atoms with Crippen molar-refractivity contribution >= 4 is 11.4 Å². The van der Waals surface area contributed by atoms with E-state index in [2.05, 4.69) is 34.8 Å².